The molecule has 1 atom stereocenters. The van der Waals surface area contributed by atoms with Crippen molar-refractivity contribution in [2.45, 2.75) is 138 Å². The third kappa shape index (κ3) is 7.91. The molecule has 3 aromatic rings. The van der Waals surface area contributed by atoms with E-state index in [1.54, 1.807) is 0 Å². The minimum atomic E-state index is -2.34. The van der Waals surface area contributed by atoms with Crippen LogP contribution in [0.15, 0.2) is 48.5 Å². The van der Waals surface area contributed by atoms with Gasteiger partial charge in [-0.1, -0.05) is 148 Å². The van der Waals surface area contributed by atoms with Crippen LogP contribution in [0.2, 0.25) is 0 Å². The third-order valence-corrected chi connectivity index (χ3v) is 9.13. The van der Waals surface area contributed by atoms with Crippen molar-refractivity contribution < 1.29 is 13.9 Å². The number of aryl methyl sites for hydroxylation is 3. The molecule has 1 unspecified atom stereocenters. The average molecular weight is 605 g/mol. The second kappa shape index (κ2) is 12.0. The van der Waals surface area contributed by atoms with E-state index in [4.69, 9.17) is 9.05 Å². The molecular weight excluding hydrogens is 547 g/mol. The van der Waals surface area contributed by atoms with E-state index < -0.39 is 14.2 Å². The minimum Gasteiger partial charge on any atom is -0.426 e. The molecule has 4 heteroatoms. The zero-order valence-corrected chi connectivity index (χ0v) is 30.7. The van der Waals surface area contributed by atoms with E-state index in [1.165, 1.54) is 27.8 Å². The van der Waals surface area contributed by atoms with Crippen LogP contribution in [0.25, 0.3) is 0 Å². The third-order valence-electron chi connectivity index (χ3n) is 8.27. The van der Waals surface area contributed by atoms with Crippen LogP contribution >= 0.6 is 8.60 Å². The Morgan fingerprint density at radius 3 is 1.12 bits per heavy atom. The van der Waals surface area contributed by atoms with Crippen LogP contribution in [-0.4, -0.2) is 4.89 Å². The molecule has 0 heterocycles. The van der Waals surface area contributed by atoms with Gasteiger partial charge in [-0.05, 0) is 71.6 Å². The lowest BCUT2D eigenvalue weighted by Gasteiger charge is -2.40. The van der Waals surface area contributed by atoms with Crippen molar-refractivity contribution in [1.82, 2.24) is 0 Å². The van der Waals surface area contributed by atoms with E-state index >= 15 is 0 Å². The molecule has 0 aliphatic rings. The molecule has 236 valence electrons. The van der Waals surface area contributed by atoms with Gasteiger partial charge in [0.1, 0.15) is 11.4 Å². The van der Waals surface area contributed by atoms with E-state index in [-0.39, 0.29) is 21.7 Å². The van der Waals surface area contributed by atoms with Crippen molar-refractivity contribution in [3.05, 3.63) is 98.6 Å². The summed E-state index contributed by atoms with van der Waals surface area (Å²) in [6.45, 7) is 35.1. The molecule has 0 aromatic heterocycles. The number of rotatable bonds is 6. The number of hydrogen-bond donors (Lipinski definition) is 1. The van der Waals surface area contributed by atoms with Gasteiger partial charge in [-0.3, -0.25) is 4.52 Å². The molecule has 0 saturated carbocycles. The molecule has 0 aliphatic heterocycles. The summed E-state index contributed by atoms with van der Waals surface area (Å²) in [4.78, 5) is 11.9. The van der Waals surface area contributed by atoms with Gasteiger partial charge in [-0.15, -0.1) is 0 Å². The first kappa shape index (κ1) is 35.3. The maximum atomic E-state index is 11.9. The smallest absolute Gasteiger partial charge is 0.395 e. The van der Waals surface area contributed by atoms with Gasteiger partial charge in [0.25, 0.3) is 0 Å². The Labute approximate surface area is 264 Å². The van der Waals surface area contributed by atoms with Crippen LogP contribution in [0, 0.1) is 20.8 Å². The van der Waals surface area contributed by atoms with Crippen LogP contribution in [0.3, 0.4) is 0 Å². The summed E-state index contributed by atoms with van der Waals surface area (Å²) in [5, 5.41) is 0. The molecular formula is C39H57O3P. The lowest BCUT2D eigenvalue weighted by molar-refractivity contribution is 0.108. The molecule has 3 aromatic carbocycles. The highest BCUT2D eigenvalue weighted by Crippen LogP contribution is 2.53. The first-order chi connectivity index (χ1) is 19.4. The highest BCUT2D eigenvalue weighted by atomic mass is 31.2. The summed E-state index contributed by atoms with van der Waals surface area (Å²) in [6, 6.07) is 17.5. The van der Waals surface area contributed by atoms with Gasteiger partial charge in [0.15, 0.2) is 0 Å². The summed E-state index contributed by atoms with van der Waals surface area (Å²) in [7, 11) is -2.34. The van der Waals surface area contributed by atoms with Crippen molar-refractivity contribution in [1.29, 1.82) is 0 Å². The van der Waals surface area contributed by atoms with Gasteiger partial charge in [-0.25, -0.2) is 0 Å². The van der Waals surface area contributed by atoms with Crippen LogP contribution in [-0.2, 0) is 31.8 Å². The van der Waals surface area contributed by atoms with Gasteiger partial charge in [-0.2, -0.15) is 0 Å². The van der Waals surface area contributed by atoms with Crippen molar-refractivity contribution in [2.75, 3.05) is 0 Å². The second-order valence-corrected chi connectivity index (χ2v) is 17.6. The Kier molecular flexibility index (Phi) is 9.81. The fourth-order valence-electron chi connectivity index (χ4n) is 5.87. The molecule has 3 rings (SSSR count). The maximum Gasteiger partial charge on any atom is 0.395 e. The highest BCUT2D eigenvalue weighted by molar-refractivity contribution is 7.41. The first-order valence-corrected chi connectivity index (χ1v) is 16.7. The molecule has 0 amide bonds. The van der Waals surface area contributed by atoms with Gasteiger partial charge in [0.2, 0.25) is 0 Å². The van der Waals surface area contributed by atoms with Crippen LogP contribution in [0.4, 0.5) is 0 Å². The highest BCUT2D eigenvalue weighted by Gasteiger charge is 2.42. The first-order valence-electron chi connectivity index (χ1n) is 15.6. The molecule has 0 spiro atoms. The standard InChI is InChI=1S/C39H57O3P/c1-25-17-19-28(30(21-25)35(4,5)6)39(16,29-20-18-26(2)22-31(29)36(7,8)9)42-43(40)41-34-32(37(10,11)12)23-27(3)24-33(34)38(13,14)15/h17-24,40H,1-16H3. The lowest BCUT2D eigenvalue weighted by Crippen LogP contribution is -2.33. The van der Waals surface area contributed by atoms with Crippen LogP contribution in [0.1, 0.15) is 140 Å². The summed E-state index contributed by atoms with van der Waals surface area (Å²) in [5.74, 6) is 0.724. The van der Waals surface area contributed by atoms with Gasteiger partial charge in [0.05, 0.1) is 0 Å². The molecule has 0 radical (unpaired) electrons. The minimum absolute atomic E-state index is 0.145. The zero-order chi connectivity index (χ0) is 32.9. The predicted octanol–water partition coefficient (Wildman–Crippen LogP) is 11.4. The molecule has 0 aliphatic carbocycles. The Bertz CT molecular complexity index is 1360. The van der Waals surface area contributed by atoms with E-state index in [0.29, 0.717) is 0 Å². The summed E-state index contributed by atoms with van der Waals surface area (Å²) >= 11 is 0. The van der Waals surface area contributed by atoms with Crippen molar-refractivity contribution in [2.24, 2.45) is 0 Å². The molecule has 0 fully saturated rings. The van der Waals surface area contributed by atoms with Gasteiger partial charge in [0, 0.05) is 11.1 Å². The second-order valence-electron chi connectivity index (χ2n) is 16.7. The maximum absolute atomic E-state index is 11.9. The van der Waals surface area contributed by atoms with Crippen molar-refractivity contribution in [3.8, 4) is 5.75 Å². The monoisotopic (exact) mass is 604 g/mol. The molecule has 0 saturated heterocycles. The van der Waals surface area contributed by atoms with Gasteiger partial charge >= 0.3 is 8.60 Å². The largest absolute Gasteiger partial charge is 0.426 e. The van der Waals surface area contributed by atoms with E-state index in [2.05, 4.69) is 159 Å². The van der Waals surface area contributed by atoms with Crippen molar-refractivity contribution >= 4 is 8.60 Å². The predicted molar refractivity (Wildman–Crippen MR) is 186 cm³/mol. The summed E-state index contributed by atoms with van der Waals surface area (Å²) in [5.41, 5.74) is 8.54. The SMILES string of the molecule is Cc1ccc(C(C)(OP(O)Oc2c(C(C)(C)C)cc(C)cc2C(C)(C)C)c2ccc(C)cc2C(C)(C)C)c(C(C)(C)C)c1. The summed E-state index contributed by atoms with van der Waals surface area (Å²) in [6.07, 6.45) is 0. The topological polar surface area (TPSA) is 38.7 Å². The number of hydrogen-bond acceptors (Lipinski definition) is 3. The Morgan fingerprint density at radius 2 is 0.791 bits per heavy atom. The normalized spacial score (nSPS) is 14.2. The molecule has 43 heavy (non-hydrogen) atoms. The van der Waals surface area contributed by atoms with E-state index in [9.17, 15) is 4.89 Å². The molecule has 1 N–H and O–H groups in total. The fraction of sp³-hybridized carbons (Fsp3) is 0.538. The molecule has 0 bridgehead atoms. The quantitative estimate of drug-likeness (QED) is 0.285. The van der Waals surface area contributed by atoms with E-state index in [1.807, 2.05) is 0 Å². The average Bonchev–Trinajstić information content (AvgIpc) is 2.82. The zero-order valence-electron chi connectivity index (χ0n) is 29.8. The van der Waals surface area contributed by atoms with E-state index in [0.717, 1.165) is 28.0 Å². The Hall–Kier alpha value is -2.19. The van der Waals surface area contributed by atoms with Gasteiger partial charge < -0.3 is 9.42 Å². The Balaban J connectivity index is 2.32. The fourth-order valence-corrected chi connectivity index (χ4v) is 6.77. The Morgan fingerprint density at radius 1 is 0.465 bits per heavy atom. The number of benzene rings is 3. The summed E-state index contributed by atoms with van der Waals surface area (Å²) < 4.78 is 13.5. The molecule has 3 nitrogen and oxygen atoms in total. The lowest BCUT2D eigenvalue weighted by atomic mass is 9.72. The van der Waals surface area contributed by atoms with Crippen LogP contribution in [0.5, 0.6) is 5.75 Å². The van der Waals surface area contributed by atoms with Crippen LogP contribution < -0.4 is 4.52 Å². The van der Waals surface area contributed by atoms with Crippen molar-refractivity contribution in [3.63, 3.8) is 0 Å².